The molecule has 0 atom stereocenters. The molecule has 3 aromatic carbocycles. The topological polar surface area (TPSA) is 93.1 Å². The number of carbonyl (C=O) groups is 2. The molecule has 0 spiro atoms. The van der Waals surface area contributed by atoms with E-state index in [9.17, 15) is 14.4 Å². The minimum absolute atomic E-state index is 0.0271. The number of para-hydroxylation sites is 2. The van der Waals surface area contributed by atoms with Gasteiger partial charge in [0.2, 0.25) is 11.8 Å². The average molecular weight is 521 g/mol. The molecule has 0 unspecified atom stereocenters. The fraction of sp³-hybridized carbons (Fsp3) is 0.185. The third-order valence-corrected chi connectivity index (χ3v) is 6.75. The molecule has 0 saturated heterocycles. The second kappa shape index (κ2) is 12.4. The molecule has 7 nitrogen and oxygen atoms in total. The van der Waals surface area contributed by atoms with Crippen molar-refractivity contribution < 1.29 is 9.59 Å². The van der Waals surface area contributed by atoms with Crippen molar-refractivity contribution in [3.63, 3.8) is 0 Å². The maximum absolute atomic E-state index is 13.2. The number of anilines is 1. The highest BCUT2D eigenvalue weighted by atomic mass is 35.5. The number of aromatic nitrogens is 2. The van der Waals surface area contributed by atoms with Crippen molar-refractivity contribution >= 4 is 51.8 Å². The van der Waals surface area contributed by atoms with Gasteiger partial charge in [-0.1, -0.05) is 78.0 Å². The lowest BCUT2D eigenvalue weighted by atomic mass is 10.1. The zero-order chi connectivity index (χ0) is 25.3. The number of halogens is 1. The molecule has 0 aliphatic heterocycles. The van der Waals surface area contributed by atoms with Crippen molar-refractivity contribution in [2.45, 2.75) is 24.5 Å². The van der Waals surface area contributed by atoms with Crippen molar-refractivity contribution in [2.75, 3.05) is 17.6 Å². The van der Waals surface area contributed by atoms with Gasteiger partial charge >= 0.3 is 0 Å². The number of hydrogen-bond acceptors (Lipinski definition) is 5. The summed E-state index contributed by atoms with van der Waals surface area (Å²) in [7, 11) is 0. The highest BCUT2D eigenvalue weighted by molar-refractivity contribution is 7.99. The molecule has 0 fully saturated rings. The van der Waals surface area contributed by atoms with Crippen LogP contribution in [0.3, 0.4) is 0 Å². The van der Waals surface area contributed by atoms with Crippen molar-refractivity contribution in [3.8, 4) is 0 Å². The maximum Gasteiger partial charge on any atom is 0.262 e. The molecule has 2 N–H and O–H groups in total. The van der Waals surface area contributed by atoms with Crippen LogP contribution in [0.25, 0.3) is 10.9 Å². The highest BCUT2D eigenvalue weighted by Gasteiger charge is 2.15. The lowest BCUT2D eigenvalue weighted by molar-refractivity contribution is -0.121. The summed E-state index contributed by atoms with van der Waals surface area (Å²) < 4.78 is 1.46. The van der Waals surface area contributed by atoms with Gasteiger partial charge in [0, 0.05) is 19.5 Å². The van der Waals surface area contributed by atoms with Crippen LogP contribution in [-0.2, 0) is 22.6 Å². The normalized spacial score (nSPS) is 10.8. The van der Waals surface area contributed by atoms with Crippen LogP contribution >= 0.6 is 23.4 Å². The Balaban J connectivity index is 1.43. The number of nitrogens with one attached hydrogen (secondary N) is 2. The molecule has 4 aromatic rings. The number of hydrogen-bond donors (Lipinski definition) is 2. The molecule has 36 heavy (non-hydrogen) atoms. The van der Waals surface area contributed by atoms with Crippen LogP contribution in [0, 0.1) is 0 Å². The molecule has 0 bridgehead atoms. The first kappa shape index (κ1) is 25.5. The summed E-state index contributed by atoms with van der Waals surface area (Å²) in [5.41, 5.74) is 1.95. The fourth-order valence-corrected chi connectivity index (χ4v) is 4.63. The monoisotopic (exact) mass is 520 g/mol. The van der Waals surface area contributed by atoms with Crippen LogP contribution in [0.15, 0.2) is 88.8 Å². The third-order valence-electron chi connectivity index (χ3n) is 5.45. The predicted octanol–water partition coefficient (Wildman–Crippen LogP) is 4.53. The molecule has 0 aliphatic carbocycles. The lowest BCUT2D eigenvalue weighted by Gasteiger charge is -2.13. The van der Waals surface area contributed by atoms with Crippen LogP contribution in [0.4, 0.5) is 5.69 Å². The maximum atomic E-state index is 13.2. The van der Waals surface area contributed by atoms with E-state index in [1.54, 1.807) is 48.5 Å². The van der Waals surface area contributed by atoms with Crippen LogP contribution in [0.2, 0.25) is 5.02 Å². The predicted molar refractivity (Wildman–Crippen MR) is 145 cm³/mol. The summed E-state index contributed by atoms with van der Waals surface area (Å²) in [6, 6.07) is 23.9. The highest BCUT2D eigenvalue weighted by Crippen LogP contribution is 2.22. The van der Waals surface area contributed by atoms with Crippen molar-refractivity contribution in [3.05, 3.63) is 99.8 Å². The van der Waals surface area contributed by atoms with Gasteiger partial charge in [-0.2, -0.15) is 0 Å². The Morgan fingerprint density at radius 2 is 1.64 bits per heavy atom. The number of thioether (sulfide) groups is 1. The van der Waals surface area contributed by atoms with Gasteiger partial charge < -0.3 is 10.6 Å². The Bertz CT molecular complexity index is 1430. The van der Waals surface area contributed by atoms with E-state index in [0.717, 1.165) is 23.7 Å². The Morgan fingerprint density at radius 3 is 2.44 bits per heavy atom. The minimum Gasteiger partial charge on any atom is -0.356 e. The number of benzene rings is 3. The van der Waals surface area contributed by atoms with E-state index in [1.807, 2.05) is 30.3 Å². The molecule has 9 heteroatoms. The van der Waals surface area contributed by atoms with Gasteiger partial charge in [0.1, 0.15) is 0 Å². The van der Waals surface area contributed by atoms with E-state index in [4.69, 9.17) is 11.6 Å². The van der Waals surface area contributed by atoms with E-state index < -0.39 is 0 Å². The summed E-state index contributed by atoms with van der Waals surface area (Å²) >= 11 is 7.26. The standard InChI is InChI=1S/C27H25ClN4O3S/c28-21-11-5-7-13-23(21)30-25(34)18-36-27-31-22-12-6-4-10-20(22)26(35)32(27)17-15-24(33)29-16-14-19-8-2-1-3-9-19/h1-13H,14-18H2,(H,29,33)(H,30,34). The first-order valence-corrected chi connectivity index (χ1v) is 12.8. The first-order valence-electron chi connectivity index (χ1n) is 11.5. The second-order valence-electron chi connectivity index (χ2n) is 8.02. The molecular weight excluding hydrogens is 496 g/mol. The van der Waals surface area contributed by atoms with Gasteiger partial charge in [0.15, 0.2) is 5.16 Å². The summed E-state index contributed by atoms with van der Waals surface area (Å²) in [5.74, 6) is -0.404. The molecule has 1 aromatic heterocycles. The summed E-state index contributed by atoms with van der Waals surface area (Å²) in [5, 5.41) is 6.95. The number of amides is 2. The van der Waals surface area contributed by atoms with Gasteiger partial charge in [-0.3, -0.25) is 19.0 Å². The van der Waals surface area contributed by atoms with Crippen molar-refractivity contribution in [1.82, 2.24) is 14.9 Å². The van der Waals surface area contributed by atoms with Crippen LogP contribution in [0.5, 0.6) is 0 Å². The summed E-state index contributed by atoms with van der Waals surface area (Å²) in [4.78, 5) is 42.8. The number of fused-ring (bicyclic) bond motifs is 1. The lowest BCUT2D eigenvalue weighted by Crippen LogP contribution is -2.30. The van der Waals surface area contributed by atoms with E-state index in [0.29, 0.717) is 33.3 Å². The Hall–Kier alpha value is -3.62. The van der Waals surface area contributed by atoms with E-state index in [2.05, 4.69) is 15.6 Å². The Morgan fingerprint density at radius 1 is 0.917 bits per heavy atom. The molecule has 0 radical (unpaired) electrons. The Labute approximate surface area is 217 Å². The smallest absolute Gasteiger partial charge is 0.262 e. The van der Waals surface area contributed by atoms with Gasteiger partial charge in [0.05, 0.1) is 27.4 Å². The van der Waals surface area contributed by atoms with Gasteiger partial charge in [-0.25, -0.2) is 4.98 Å². The van der Waals surface area contributed by atoms with E-state index >= 15 is 0 Å². The van der Waals surface area contributed by atoms with Gasteiger partial charge in [-0.05, 0) is 36.2 Å². The zero-order valence-electron chi connectivity index (χ0n) is 19.4. The fourth-order valence-electron chi connectivity index (χ4n) is 3.63. The first-order chi connectivity index (χ1) is 17.5. The summed E-state index contributed by atoms with van der Waals surface area (Å²) in [6.07, 6.45) is 0.847. The number of rotatable bonds is 10. The summed E-state index contributed by atoms with van der Waals surface area (Å²) in [6.45, 7) is 0.667. The van der Waals surface area contributed by atoms with Crippen molar-refractivity contribution in [1.29, 1.82) is 0 Å². The van der Waals surface area contributed by atoms with Gasteiger partial charge in [-0.15, -0.1) is 0 Å². The minimum atomic E-state index is -0.277. The number of carbonyl (C=O) groups excluding carboxylic acids is 2. The molecular formula is C27H25ClN4O3S. The zero-order valence-corrected chi connectivity index (χ0v) is 21.0. The largest absolute Gasteiger partial charge is 0.356 e. The van der Waals surface area contributed by atoms with E-state index in [1.165, 1.54) is 4.57 Å². The molecule has 1 heterocycles. The molecule has 0 aliphatic rings. The Kier molecular flexibility index (Phi) is 8.76. The second-order valence-corrected chi connectivity index (χ2v) is 9.37. The molecule has 2 amide bonds. The van der Waals surface area contributed by atoms with Gasteiger partial charge in [0.25, 0.3) is 5.56 Å². The third kappa shape index (κ3) is 6.74. The molecule has 184 valence electrons. The molecule has 0 saturated carbocycles. The van der Waals surface area contributed by atoms with Crippen molar-refractivity contribution in [2.24, 2.45) is 0 Å². The molecule has 4 rings (SSSR count). The van der Waals surface area contributed by atoms with Crippen LogP contribution < -0.4 is 16.2 Å². The van der Waals surface area contributed by atoms with Crippen LogP contribution in [0.1, 0.15) is 12.0 Å². The van der Waals surface area contributed by atoms with Crippen LogP contribution in [-0.4, -0.2) is 33.7 Å². The SMILES string of the molecule is O=C(CCn1c(SCC(=O)Nc2ccccc2Cl)nc2ccccc2c1=O)NCCc1ccccc1. The quantitative estimate of drug-likeness (QED) is 0.237. The average Bonchev–Trinajstić information content (AvgIpc) is 2.89. The van der Waals surface area contributed by atoms with E-state index in [-0.39, 0.29) is 36.1 Å². The number of nitrogens with zero attached hydrogens (tertiary/aromatic N) is 2.